The number of nitrogens with one attached hydrogen (secondary N) is 1. The molecule has 1 aliphatic rings. The molecule has 1 saturated heterocycles. The number of hydrogen-bond acceptors (Lipinski definition) is 4. The molecule has 1 atom stereocenters. The number of aryl methyl sites for hydroxylation is 1. The van der Waals surface area contributed by atoms with Gasteiger partial charge in [-0.25, -0.2) is 0 Å². The average molecular weight is 327 g/mol. The van der Waals surface area contributed by atoms with Crippen molar-refractivity contribution >= 4 is 10.2 Å². The highest BCUT2D eigenvalue weighted by atomic mass is 32.2. The summed E-state index contributed by atoms with van der Waals surface area (Å²) >= 11 is 0. The topological polar surface area (TPSA) is 71.5 Å². The van der Waals surface area contributed by atoms with Gasteiger partial charge in [0.25, 0.3) is 10.2 Å². The van der Waals surface area contributed by atoms with Crippen LogP contribution in [0.15, 0.2) is 6.20 Å². The van der Waals surface area contributed by atoms with Gasteiger partial charge in [-0.05, 0) is 33.6 Å². The molecule has 2 rings (SSSR count). The van der Waals surface area contributed by atoms with Gasteiger partial charge in [-0.3, -0.25) is 4.98 Å². The molecule has 0 unspecified atom stereocenters. The van der Waals surface area contributed by atoms with Crippen molar-refractivity contribution < 1.29 is 13.2 Å². The standard InChI is InChI=1S/C15H25N3O3S/c1-11-9-16-14(13(3)15(11)21-4)10-17-22(19,20)18-8-6-5-7-12(18)2/h9,12,17H,5-8,10H2,1-4H3/t12-/m1/s1. The van der Waals surface area contributed by atoms with Crippen molar-refractivity contribution in [2.24, 2.45) is 0 Å². The molecule has 124 valence electrons. The van der Waals surface area contributed by atoms with E-state index >= 15 is 0 Å². The first-order valence-electron chi connectivity index (χ1n) is 7.62. The molecule has 1 aliphatic heterocycles. The second-order valence-electron chi connectivity index (χ2n) is 5.83. The average Bonchev–Trinajstić information content (AvgIpc) is 2.47. The van der Waals surface area contributed by atoms with E-state index in [-0.39, 0.29) is 12.6 Å². The van der Waals surface area contributed by atoms with Gasteiger partial charge in [0.15, 0.2) is 0 Å². The van der Waals surface area contributed by atoms with Gasteiger partial charge in [-0.2, -0.15) is 17.4 Å². The van der Waals surface area contributed by atoms with Crippen LogP contribution in [0.25, 0.3) is 0 Å². The van der Waals surface area contributed by atoms with Crippen LogP contribution in [0.1, 0.15) is 43.0 Å². The highest BCUT2D eigenvalue weighted by Crippen LogP contribution is 2.24. The molecule has 0 amide bonds. The van der Waals surface area contributed by atoms with E-state index in [1.54, 1.807) is 17.6 Å². The molecular formula is C15H25N3O3S. The van der Waals surface area contributed by atoms with Crippen molar-refractivity contribution in [3.63, 3.8) is 0 Å². The third kappa shape index (κ3) is 3.59. The monoisotopic (exact) mass is 327 g/mol. The predicted octanol–water partition coefficient (Wildman–Crippen LogP) is 1.92. The lowest BCUT2D eigenvalue weighted by atomic mass is 10.1. The van der Waals surface area contributed by atoms with E-state index in [9.17, 15) is 8.42 Å². The van der Waals surface area contributed by atoms with Gasteiger partial charge in [0.1, 0.15) is 5.75 Å². The molecule has 6 nitrogen and oxygen atoms in total. The number of rotatable bonds is 5. The predicted molar refractivity (Wildman–Crippen MR) is 86.0 cm³/mol. The van der Waals surface area contributed by atoms with Gasteiger partial charge in [-0.15, -0.1) is 0 Å². The summed E-state index contributed by atoms with van der Waals surface area (Å²) in [6.07, 6.45) is 4.62. The lowest BCUT2D eigenvalue weighted by Gasteiger charge is -2.32. The van der Waals surface area contributed by atoms with Crippen LogP contribution in [-0.2, 0) is 16.8 Å². The molecule has 1 fully saturated rings. The molecular weight excluding hydrogens is 302 g/mol. The van der Waals surface area contributed by atoms with E-state index < -0.39 is 10.2 Å². The quantitative estimate of drug-likeness (QED) is 0.897. The minimum absolute atomic E-state index is 0.0489. The number of piperidine rings is 1. The Morgan fingerprint density at radius 3 is 2.77 bits per heavy atom. The van der Waals surface area contributed by atoms with Gasteiger partial charge < -0.3 is 4.74 Å². The number of nitrogens with zero attached hydrogens (tertiary/aromatic N) is 2. The van der Waals surface area contributed by atoms with Gasteiger partial charge >= 0.3 is 0 Å². The summed E-state index contributed by atoms with van der Waals surface area (Å²) in [5.74, 6) is 0.760. The zero-order chi connectivity index (χ0) is 16.3. The molecule has 22 heavy (non-hydrogen) atoms. The van der Waals surface area contributed by atoms with Crippen LogP contribution in [-0.4, -0.2) is 37.4 Å². The Balaban J connectivity index is 2.12. The van der Waals surface area contributed by atoms with Crippen LogP contribution >= 0.6 is 0 Å². The smallest absolute Gasteiger partial charge is 0.280 e. The second kappa shape index (κ2) is 6.93. The molecule has 0 aliphatic carbocycles. The normalized spacial score (nSPS) is 20.1. The largest absolute Gasteiger partial charge is 0.496 e. The van der Waals surface area contributed by atoms with Crippen molar-refractivity contribution in [2.75, 3.05) is 13.7 Å². The Morgan fingerprint density at radius 2 is 2.14 bits per heavy atom. The van der Waals surface area contributed by atoms with Crippen molar-refractivity contribution in [1.82, 2.24) is 14.0 Å². The molecule has 2 heterocycles. The van der Waals surface area contributed by atoms with Gasteiger partial charge in [0.05, 0.1) is 19.3 Å². The molecule has 1 aromatic heterocycles. The summed E-state index contributed by atoms with van der Waals surface area (Å²) in [5, 5.41) is 0. The first-order valence-corrected chi connectivity index (χ1v) is 9.06. The maximum Gasteiger partial charge on any atom is 0.280 e. The lowest BCUT2D eigenvalue weighted by molar-refractivity contribution is 0.265. The third-order valence-electron chi connectivity index (χ3n) is 4.22. The fourth-order valence-electron chi connectivity index (χ4n) is 2.92. The highest BCUT2D eigenvalue weighted by molar-refractivity contribution is 7.87. The van der Waals surface area contributed by atoms with Crippen molar-refractivity contribution in [2.45, 2.75) is 52.6 Å². The Labute approximate surface area is 133 Å². The van der Waals surface area contributed by atoms with Gasteiger partial charge in [-0.1, -0.05) is 6.42 Å². The summed E-state index contributed by atoms with van der Waals surface area (Å²) in [7, 11) is -1.86. The number of aromatic nitrogens is 1. The van der Waals surface area contributed by atoms with E-state index in [1.807, 2.05) is 20.8 Å². The van der Waals surface area contributed by atoms with E-state index in [4.69, 9.17) is 4.74 Å². The number of ether oxygens (including phenoxy) is 1. The van der Waals surface area contributed by atoms with Crippen LogP contribution in [0.2, 0.25) is 0 Å². The lowest BCUT2D eigenvalue weighted by Crippen LogP contribution is -2.47. The summed E-state index contributed by atoms with van der Waals surface area (Å²) in [4.78, 5) is 4.33. The second-order valence-corrected chi connectivity index (χ2v) is 7.54. The number of methoxy groups -OCH3 is 1. The Kier molecular flexibility index (Phi) is 5.41. The minimum atomic E-state index is -3.47. The van der Waals surface area contributed by atoms with E-state index in [0.717, 1.165) is 36.1 Å². The molecule has 0 bridgehead atoms. The molecule has 0 spiro atoms. The SMILES string of the molecule is COc1c(C)cnc(CNS(=O)(=O)N2CCCC[C@H]2C)c1C. The molecule has 0 saturated carbocycles. The summed E-state index contributed by atoms with van der Waals surface area (Å²) in [6.45, 7) is 6.53. The van der Waals surface area contributed by atoms with Gasteiger partial charge in [0, 0.05) is 29.9 Å². The van der Waals surface area contributed by atoms with Crippen molar-refractivity contribution in [3.8, 4) is 5.75 Å². The fraction of sp³-hybridized carbons (Fsp3) is 0.667. The Hall–Kier alpha value is -1.18. The Morgan fingerprint density at radius 1 is 1.41 bits per heavy atom. The zero-order valence-corrected chi connectivity index (χ0v) is 14.5. The van der Waals surface area contributed by atoms with Crippen LogP contribution in [0.4, 0.5) is 0 Å². The maximum absolute atomic E-state index is 12.5. The van der Waals surface area contributed by atoms with E-state index in [2.05, 4.69) is 9.71 Å². The molecule has 1 aromatic rings. The first-order chi connectivity index (χ1) is 10.4. The summed E-state index contributed by atoms with van der Waals surface area (Å²) in [5.41, 5.74) is 2.50. The van der Waals surface area contributed by atoms with E-state index in [0.29, 0.717) is 12.2 Å². The first kappa shape index (κ1) is 17.2. The Bertz CT molecular complexity index is 631. The number of hydrogen-bond donors (Lipinski definition) is 1. The van der Waals surface area contributed by atoms with Crippen LogP contribution < -0.4 is 9.46 Å². The number of pyridine rings is 1. The summed E-state index contributed by atoms with van der Waals surface area (Å²) < 4.78 is 34.5. The summed E-state index contributed by atoms with van der Waals surface area (Å²) in [6, 6.07) is 0.0489. The molecule has 0 aromatic carbocycles. The maximum atomic E-state index is 12.5. The van der Waals surface area contributed by atoms with Crippen LogP contribution in [0.5, 0.6) is 5.75 Å². The van der Waals surface area contributed by atoms with Gasteiger partial charge in [0.2, 0.25) is 0 Å². The van der Waals surface area contributed by atoms with E-state index in [1.165, 1.54) is 0 Å². The molecule has 1 N–H and O–H groups in total. The van der Waals surface area contributed by atoms with Crippen molar-refractivity contribution in [3.05, 3.63) is 23.0 Å². The van der Waals surface area contributed by atoms with Crippen LogP contribution in [0, 0.1) is 13.8 Å². The molecule has 0 radical (unpaired) electrons. The van der Waals surface area contributed by atoms with Crippen molar-refractivity contribution in [1.29, 1.82) is 0 Å². The zero-order valence-electron chi connectivity index (χ0n) is 13.7. The minimum Gasteiger partial charge on any atom is -0.496 e. The highest BCUT2D eigenvalue weighted by Gasteiger charge is 2.29. The van der Waals surface area contributed by atoms with Crippen LogP contribution in [0.3, 0.4) is 0 Å². The third-order valence-corrected chi connectivity index (χ3v) is 5.89. The fourth-order valence-corrected chi connectivity index (χ4v) is 4.35. The molecule has 7 heteroatoms.